The molecule has 1 unspecified atom stereocenters. The zero-order valence-corrected chi connectivity index (χ0v) is 53.9. The fraction of sp³-hybridized carbons (Fsp3) is 0.649. The number of unbranched alkanes of at least 4 members (excludes halogenated alkanes) is 26. The van der Waals surface area contributed by atoms with Crippen LogP contribution in [0.25, 0.3) is 0 Å². The molecule has 0 N–H and O–H groups in total. The predicted octanol–water partition coefficient (Wildman–Crippen LogP) is 23.9. The van der Waals surface area contributed by atoms with E-state index in [1.807, 2.05) is 0 Å². The zero-order valence-electron chi connectivity index (χ0n) is 53.9. The number of esters is 3. The minimum atomic E-state index is -0.786. The van der Waals surface area contributed by atoms with Crippen molar-refractivity contribution < 1.29 is 28.6 Å². The minimum absolute atomic E-state index is 0.0838. The van der Waals surface area contributed by atoms with Gasteiger partial charge in [0.05, 0.1) is 0 Å². The summed E-state index contributed by atoms with van der Waals surface area (Å²) >= 11 is 0. The van der Waals surface area contributed by atoms with E-state index in [-0.39, 0.29) is 31.1 Å². The first-order valence-electron chi connectivity index (χ1n) is 34.3. The van der Waals surface area contributed by atoms with E-state index in [2.05, 4.69) is 167 Å². The molecule has 0 aromatic carbocycles. The van der Waals surface area contributed by atoms with Gasteiger partial charge in [0.15, 0.2) is 6.10 Å². The van der Waals surface area contributed by atoms with Gasteiger partial charge in [0, 0.05) is 19.3 Å². The summed E-state index contributed by atoms with van der Waals surface area (Å²) in [6.07, 6.45) is 100. The summed E-state index contributed by atoms with van der Waals surface area (Å²) < 4.78 is 16.9. The first-order valence-corrected chi connectivity index (χ1v) is 34.3. The van der Waals surface area contributed by atoms with E-state index in [0.717, 1.165) is 141 Å². The van der Waals surface area contributed by atoms with Crippen LogP contribution in [0, 0.1) is 0 Å². The van der Waals surface area contributed by atoms with E-state index in [1.54, 1.807) is 0 Å². The maximum Gasteiger partial charge on any atom is 0.306 e. The first-order chi connectivity index (χ1) is 41.0. The van der Waals surface area contributed by atoms with Gasteiger partial charge in [-0.2, -0.15) is 0 Å². The maximum absolute atomic E-state index is 12.9. The van der Waals surface area contributed by atoms with Crippen LogP contribution < -0.4 is 0 Å². The van der Waals surface area contributed by atoms with Crippen molar-refractivity contribution in [3.63, 3.8) is 0 Å². The highest BCUT2D eigenvalue weighted by atomic mass is 16.6. The molecule has 0 aromatic heterocycles. The minimum Gasteiger partial charge on any atom is -0.462 e. The predicted molar refractivity (Wildman–Crippen MR) is 362 cm³/mol. The standard InChI is InChI=1S/C77H126O6/c1-4-7-10-13-16-18-20-22-24-26-28-30-32-34-36-37-38-39-41-42-44-46-48-50-52-54-56-58-61-64-67-70-76(79)82-73-74(72-81-75(78)69-66-63-60-15-12-9-6-3)83-77(80)71-68-65-62-59-57-55-53-51-49-47-45-43-40-35-33-31-29-27-25-23-21-19-17-14-11-8-5-2/h7-8,10-11,16-19,22-25,28-31,34-36,38-40,45,47,74H,4-6,9,12-15,20-21,26-27,32-33,37,41-44,46,48-73H2,1-3H3/b10-7-,11-8-,18-16-,19-17-,24-22-,25-23-,30-28-,31-29-,36-34-,39-38-,40-35-,47-45-. The van der Waals surface area contributed by atoms with Crippen LogP contribution in [0.15, 0.2) is 146 Å². The molecule has 0 saturated heterocycles. The van der Waals surface area contributed by atoms with Gasteiger partial charge >= 0.3 is 17.9 Å². The molecular weight excluding hydrogens is 1020 g/mol. The quantitative estimate of drug-likeness (QED) is 0.0261. The molecule has 0 heterocycles. The van der Waals surface area contributed by atoms with E-state index >= 15 is 0 Å². The highest BCUT2D eigenvalue weighted by Gasteiger charge is 2.19. The molecule has 0 aliphatic carbocycles. The number of hydrogen-bond acceptors (Lipinski definition) is 6. The van der Waals surface area contributed by atoms with Crippen molar-refractivity contribution in [2.75, 3.05) is 13.2 Å². The van der Waals surface area contributed by atoms with Crippen LogP contribution in [0.2, 0.25) is 0 Å². The Morgan fingerprint density at radius 3 is 0.735 bits per heavy atom. The van der Waals surface area contributed by atoms with Crippen molar-refractivity contribution in [2.24, 2.45) is 0 Å². The monoisotopic (exact) mass is 1150 g/mol. The fourth-order valence-electron chi connectivity index (χ4n) is 9.27. The van der Waals surface area contributed by atoms with Gasteiger partial charge in [-0.05, 0) is 122 Å². The summed E-state index contributed by atoms with van der Waals surface area (Å²) in [6.45, 7) is 6.37. The third kappa shape index (κ3) is 68.0. The highest BCUT2D eigenvalue weighted by Crippen LogP contribution is 2.16. The Morgan fingerprint density at radius 1 is 0.253 bits per heavy atom. The second kappa shape index (κ2) is 69.8. The molecule has 0 radical (unpaired) electrons. The van der Waals surface area contributed by atoms with Crippen LogP contribution in [0.5, 0.6) is 0 Å². The molecule has 6 heteroatoms. The third-order valence-corrected chi connectivity index (χ3v) is 14.3. The molecule has 470 valence electrons. The van der Waals surface area contributed by atoms with Crippen molar-refractivity contribution in [3.8, 4) is 0 Å². The summed E-state index contributed by atoms with van der Waals surface area (Å²) in [5.41, 5.74) is 0. The molecule has 83 heavy (non-hydrogen) atoms. The number of carbonyl (C=O) groups excluding carboxylic acids is 3. The van der Waals surface area contributed by atoms with Gasteiger partial charge in [0.25, 0.3) is 0 Å². The van der Waals surface area contributed by atoms with Gasteiger partial charge < -0.3 is 14.2 Å². The van der Waals surface area contributed by atoms with Gasteiger partial charge in [-0.1, -0.05) is 308 Å². The molecule has 1 atom stereocenters. The normalized spacial score (nSPS) is 13.0. The molecule has 0 spiro atoms. The lowest BCUT2D eigenvalue weighted by atomic mass is 10.0. The summed E-state index contributed by atoms with van der Waals surface area (Å²) in [7, 11) is 0. The third-order valence-electron chi connectivity index (χ3n) is 14.3. The summed E-state index contributed by atoms with van der Waals surface area (Å²) in [4.78, 5) is 38.2. The lowest BCUT2D eigenvalue weighted by Gasteiger charge is -2.18. The Morgan fingerprint density at radius 2 is 0.470 bits per heavy atom. The second-order valence-electron chi connectivity index (χ2n) is 22.3. The fourth-order valence-corrected chi connectivity index (χ4v) is 9.27. The molecule has 0 aliphatic rings. The average Bonchev–Trinajstić information content (AvgIpc) is 3.50. The van der Waals surface area contributed by atoms with E-state index in [4.69, 9.17) is 14.2 Å². The van der Waals surface area contributed by atoms with Crippen molar-refractivity contribution >= 4 is 17.9 Å². The molecule has 0 aromatic rings. The molecule has 0 amide bonds. The highest BCUT2D eigenvalue weighted by molar-refractivity contribution is 5.71. The smallest absolute Gasteiger partial charge is 0.306 e. The Kier molecular flexibility index (Phi) is 65.8. The van der Waals surface area contributed by atoms with Gasteiger partial charge in [0.1, 0.15) is 13.2 Å². The van der Waals surface area contributed by atoms with E-state index in [1.165, 1.54) is 122 Å². The second-order valence-corrected chi connectivity index (χ2v) is 22.3. The van der Waals surface area contributed by atoms with Crippen molar-refractivity contribution in [1.29, 1.82) is 0 Å². The van der Waals surface area contributed by atoms with Crippen molar-refractivity contribution in [2.45, 2.75) is 309 Å². The number of allylic oxidation sites excluding steroid dienone is 24. The van der Waals surface area contributed by atoms with Crippen LogP contribution in [0.3, 0.4) is 0 Å². The van der Waals surface area contributed by atoms with Gasteiger partial charge in [-0.15, -0.1) is 0 Å². The van der Waals surface area contributed by atoms with Crippen LogP contribution in [0.4, 0.5) is 0 Å². The van der Waals surface area contributed by atoms with Crippen LogP contribution in [0.1, 0.15) is 303 Å². The molecule has 0 aliphatic heterocycles. The number of carbonyl (C=O) groups is 3. The summed E-state index contributed by atoms with van der Waals surface area (Å²) in [5.74, 6) is -0.897. The van der Waals surface area contributed by atoms with Gasteiger partial charge in [0.2, 0.25) is 0 Å². The van der Waals surface area contributed by atoms with E-state index in [0.29, 0.717) is 19.3 Å². The van der Waals surface area contributed by atoms with Crippen molar-refractivity contribution in [1.82, 2.24) is 0 Å². The first kappa shape index (κ1) is 78.3. The molecule has 6 nitrogen and oxygen atoms in total. The molecule has 0 rings (SSSR count). The molecule has 0 fully saturated rings. The summed E-state index contributed by atoms with van der Waals surface area (Å²) in [6, 6.07) is 0. The molecule has 0 saturated carbocycles. The SMILES string of the molecule is CC/C=C\C/C=C\C/C=C\C/C=C\C/C=C\C/C=C\CCCCCCCCCCCCCCC(=O)OCC(COC(=O)CCCCCCCCC)OC(=O)CCCCCCCCCC/C=C\C/C=C\C/C=C\C/C=C\C/C=C\C/C=C\CC. The average molecular weight is 1150 g/mol. The van der Waals surface area contributed by atoms with Gasteiger partial charge in [-0.3, -0.25) is 14.4 Å². The lowest BCUT2D eigenvalue weighted by Crippen LogP contribution is -2.30. The molecular formula is C77H126O6. The Labute approximate surface area is 512 Å². The van der Waals surface area contributed by atoms with Crippen LogP contribution in [-0.2, 0) is 28.6 Å². The number of hydrogen-bond donors (Lipinski definition) is 0. The van der Waals surface area contributed by atoms with E-state index < -0.39 is 6.10 Å². The maximum atomic E-state index is 12.9. The topological polar surface area (TPSA) is 78.9 Å². The van der Waals surface area contributed by atoms with Crippen LogP contribution >= 0.6 is 0 Å². The number of rotatable bonds is 61. The van der Waals surface area contributed by atoms with Crippen LogP contribution in [-0.4, -0.2) is 37.2 Å². The Bertz CT molecular complexity index is 1800. The van der Waals surface area contributed by atoms with Gasteiger partial charge in [-0.25, -0.2) is 0 Å². The number of ether oxygens (including phenoxy) is 3. The largest absolute Gasteiger partial charge is 0.462 e. The zero-order chi connectivity index (χ0) is 59.9. The van der Waals surface area contributed by atoms with Crippen molar-refractivity contribution in [3.05, 3.63) is 146 Å². The Hall–Kier alpha value is -4.71. The lowest BCUT2D eigenvalue weighted by molar-refractivity contribution is -0.167. The van der Waals surface area contributed by atoms with E-state index in [9.17, 15) is 14.4 Å². The Balaban J connectivity index is 4.15. The summed E-state index contributed by atoms with van der Waals surface area (Å²) in [5, 5.41) is 0. The molecule has 0 bridgehead atoms.